The van der Waals surface area contributed by atoms with Gasteiger partial charge in [-0.2, -0.15) is 0 Å². The molecule has 6 heteroatoms. The number of carbonyl (C=O) groups excluding carboxylic acids is 2. The summed E-state index contributed by atoms with van der Waals surface area (Å²) in [7, 11) is 0. The molecule has 26 heavy (non-hydrogen) atoms. The second-order valence-electron chi connectivity index (χ2n) is 7.45. The highest BCUT2D eigenvalue weighted by Gasteiger charge is 2.26. The van der Waals surface area contributed by atoms with Crippen molar-refractivity contribution in [3.05, 3.63) is 27.8 Å². The standard InChI is InChI=1S/C20H28IN3O2/c21-16-7-4-8-18(13-16)22-19(25)14-24-11-9-17(10-12-24)23-20(26)15-5-2-1-3-6-15/h4,7-8,13,15,17H,1-3,5-6,9-12,14H2,(H,22,25)(H,23,26). The Morgan fingerprint density at radius 2 is 1.81 bits per heavy atom. The van der Waals surface area contributed by atoms with E-state index in [-0.39, 0.29) is 23.8 Å². The number of piperidine rings is 1. The molecule has 0 bridgehead atoms. The molecule has 0 atom stereocenters. The molecule has 0 aromatic heterocycles. The van der Waals surface area contributed by atoms with E-state index >= 15 is 0 Å². The van der Waals surface area contributed by atoms with Crippen LogP contribution in [0, 0.1) is 9.49 Å². The maximum Gasteiger partial charge on any atom is 0.238 e. The third-order valence-electron chi connectivity index (χ3n) is 5.39. The van der Waals surface area contributed by atoms with E-state index in [9.17, 15) is 9.59 Å². The number of carbonyl (C=O) groups is 2. The third kappa shape index (κ3) is 5.94. The van der Waals surface area contributed by atoms with Gasteiger partial charge in [0, 0.05) is 34.3 Å². The summed E-state index contributed by atoms with van der Waals surface area (Å²) in [6.45, 7) is 2.12. The topological polar surface area (TPSA) is 61.4 Å². The molecule has 1 saturated carbocycles. The fourth-order valence-corrected chi connectivity index (χ4v) is 4.43. The van der Waals surface area contributed by atoms with Crippen molar-refractivity contribution in [2.24, 2.45) is 5.92 Å². The maximum absolute atomic E-state index is 12.4. The number of likely N-dealkylation sites (tertiary alicyclic amines) is 1. The summed E-state index contributed by atoms with van der Waals surface area (Å²) >= 11 is 2.24. The number of nitrogens with zero attached hydrogens (tertiary/aromatic N) is 1. The molecular weight excluding hydrogens is 441 g/mol. The van der Waals surface area contributed by atoms with E-state index in [4.69, 9.17) is 0 Å². The summed E-state index contributed by atoms with van der Waals surface area (Å²) in [5.41, 5.74) is 0.844. The molecule has 2 amide bonds. The van der Waals surface area contributed by atoms with E-state index in [1.807, 2.05) is 24.3 Å². The predicted octanol–water partition coefficient (Wildman–Crippen LogP) is 3.39. The van der Waals surface area contributed by atoms with E-state index in [0.29, 0.717) is 6.54 Å². The molecule has 2 fully saturated rings. The summed E-state index contributed by atoms with van der Waals surface area (Å²) in [5.74, 6) is 0.498. The van der Waals surface area contributed by atoms with Crippen molar-refractivity contribution in [1.29, 1.82) is 0 Å². The van der Waals surface area contributed by atoms with Gasteiger partial charge in [0.05, 0.1) is 6.54 Å². The van der Waals surface area contributed by atoms with Gasteiger partial charge in [0.1, 0.15) is 0 Å². The van der Waals surface area contributed by atoms with Crippen LogP contribution in [-0.2, 0) is 9.59 Å². The van der Waals surface area contributed by atoms with E-state index in [2.05, 4.69) is 38.1 Å². The molecule has 2 N–H and O–H groups in total. The molecule has 0 radical (unpaired) electrons. The van der Waals surface area contributed by atoms with E-state index in [1.165, 1.54) is 19.3 Å². The monoisotopic (exact) mass is 469 g/mol. The van der Waals surface area contributed by atoms with Crippen molar-refractivity contribution in [3.63, 3.8) is 0 Å². The number of halogens is 1. The molecule has 3 rings (SSSR count). The number of nitrogens with one attached hydrogen (secondary N) is 2. The van der Waals surface area contributed by atoms with E-state index in [1.54, 1.807) is 0 Å². The number of rotatable bonds is 5. The molecule has 5 nitrogen and oxygen atoms in total. The predicted molar refractivity (Wildman–Crippen MR) is 112 cm³/mol. The van der Waals surface area contributed by atoms with Crippen molar-refractivity contribution >= 4 is 40.1 Å². The van der Waals surface area contributed by atoms with Gasteiger partial charge in [-0.05, 0) is 66.5 Å². The highest BCUT2D eigenvalue weighted by molar-refractivity contribution is 14.1. The zero-order valence-corrected chi connectivity index (χ0v) is 17.3. The van der Waals surface area contributed by atoms with Gasteiger partial charge in [-0.15, -0.1) is 0 Å². The summed E-state index contributed by atoms with van der Waals surface area (Å²) in [6, 6.07) is 8.08. The molecule has 1 heterocycles. The molecular formula is C20H28IN3O2. The number of amides is 2. The van der Waals surface area contributed by atoms with Gasteiger partial charge < -0.3 is 10.6 Å². The SMILES string of the molecule is O=C(CN1CCC(NC(=O)C2CCCCC2)CC1)Nc1cccc(I)c1. The van der Waals surface area contributed by atoms with Crippen LogP contribution in [-0.4, -0.2) is 42.4 Å². The van der Waals surface area contributed by atoms with Crippen molar-refractivity contribution in [1.82, 2.24) is 10.2 Å². The Balaban J connectivity index is 1.38. The lowest BCUT2D eigenvalue weighted by Crippen LogP contribution is -2.48. The van der Waals surface area contributed by atoms with Crippen LogP contribution in [0.4, 0.5) is 5.69 Å². The minimum atomic E-state index is 0.0247. The average molecular weight is 469 g/mol. The first-order valence-electron chi connectivity index (χ1n) is 9.68. The zero-order valence-electron chi connectivity index (χ0n) is 15.2. The molecule has 1 aliphatic heterocycles. The minimum absolute atomic E-state index is 0.0247. The third-order valence-corrected chi connectivity index (χ3v) is 6.06. The number of hydrogen-bond donors (Lipinski definition) is 2. The van der Waals surface area contributed by atoms with Crippen molar-refractivity contribution in [2.75, 3.05) is 25.0 Å². The van der Waals surface area contributed by atoms with Crippen LogP contribution in [0.3, 0.4) is 0 Å². The van der Waals surface area contributed by atoms with Gasteiger partial charge in [-0.3, -0.25) is 14.5 Å². The van der Waals surface area contributed by atoms with Crippen LogP contribution < -0.4 is 10.6 Å². The molecule has 1 aromatic rings. The van der Waals surface area contributed by atoms with Crippen molar-refractivity contribution in [2.45, 2.75) is 51.0 Å². The van der Waals surface area contributed by atoms with Gasteiger partial charge in [-0.1, -0.05) is 25.3 Å². The van der Waals surface area contributed by atoms with E-state index in [0.717, 1.165) is 48.0 Å². The largest absolute Gasteiger partial charge is 0.353 e. The number of hydrogen-bond acceptors (Lipinski definition) is 3. The fourth-order valence-electron chi connectivity index (χ4n) is 3.89. The molecule has 1 saturated heterocycles. The van der Waals surface area contributed by atoms with Gasteiger partial charge in [-0.25, -0.2) is 0 Å². The van der Waals surface area contributed by atoms with Crippen LogP contribution in [0.15, 0.2) is 24.3 Å². The normalized spacial score (nSPS) is 19.9. The molecule has 2 aliphatic rings. The minimum Gasteiger partial charge on any atom is -0.353 e. The Labute approximate surface area is 169 Å². The lowest BCUT2D eigenvalue weighted by molar-refractivity contribution is -0.127. The second-order valence-corrected chi connectivity index (χ2v) is 8.70. The van der Waals surface area contributed by atoms with Crippen LogP contribution in [0.1, 0.15) is 44.9 Å². The van der Waals surface area contributed by atoms with E-state index < -0.39 is 0 Å². The quantitative estimate of drug-likeness (QED) is 0.651. The zero-order chi connectivity index (χ0) is 18.4. The van der Waals surface area contributed by atoms with Gasteiger partial charge in [0.15, 0.2) is 0 Å². The summed E-state index contributed by atoms with van der Waals surface area (Å²) in [6.07, 6.45) is 7.58. The molecule has 1 aromatic carbocycles. The summed E-state index contributed by atoms with van der Waals surface area (Å²) in [5, 5.41) is 6.20. The smallest absolute Gasteiger partial charge is 0.238 e. The first kappa shape index (κ1) is 19.6. The van der Waals surface area contributed by atoms with Gasteiger partial charge >= 0.3 is 0 Å². The first-order chi connectivity index (χ1) is 12.6. The Kier molecular flexibility index (Phi) is 7.31. The molecule has 0 unspecified atom stereocenters. The van der Waals surface area contributed by atoms with Crippen LogP contribution in [0.25, 0.3) is 0 Å². The van der Waals surface area contributed by atoms with Crippen molar-refractivity contribution < 1.29 is 9.59 Å². The lowest BCUT2D eigenvalue weighted by atomic mass is 9.88. The number of benzene rings is 1. The molecule has 142 valence electrons. The summed E-state index contributed by atoms with van der Waals surface area (Å²) in [4.78, 5) is 26.8. The Hall–Kier alpha value is -1.15. The summed E-state index contributed by atoms with van der Waals surface area (Å²) < 4.78 is 1.11. The highest BCUT2D eigenvalue weighted by Crippen LogP contribution is 2.24. The van der Waals surface area contributed by atoms with Crippen LogP contribution in [0.2, 0.25) is 0 Å². The Morgan fingerprint density at radius 3 is 2.50 bits per heavy atom. The maximum atomic E-state index is 12.4. The fraction of sp³-hybridized carbons (Fsp3) is 0.600. The Morgan fingerprint density at radius 1 is 1.08 bits per heavy atom. The second kappa shape index (κ2) is 9.69. The molecule has 0 spiro atoms. The first-order valence-corrected chi connectivity index (χ1v) is 10.8. The average Bonchev–Trinajstić information content (AvgIpc) is 2.64. The van der Waals surface area contributed by atoms with Gasteiger partial charge in [0.2, 0.25) is 11.8 Å². The number of anilines is 1. The lowest BCUT2D eigenvalue weighted by Gasteiger charge is -2.33. The van der Waals surface area contributed by atoms with Gasteiger partial charge in [0.25, 0.3) is 0 Å². The van der Waals surface area contributed by atoms with Crippen molar-refractivity contribution in [3.8, 4) is 0 Å². The molecule has 1 aliphatic carbocycles. The Bertz CT molecular complexity index is 623. The van der Waals surface area contributed by atoms with Crippen LogP contribution >= 0.6 is 22.6 Å². The highest BCUT2D eigenvalue weighted by atomic mass is 127. The van der Waals surface area contributed by atoms with Crippen LogP contribution in [0.5, 0.6) is 0 Å².